The van der Waals surface area contributed by atoms with Gasteiger partial charge in [-0.3, -0.25) is 4.98 Å². The highest BCUT2D eigenvalue weighted by Gasteiger charge is 2.19. The van der Waals surface area contributed by atoms with E-state index in [4.69, 9.17) is 4.74 Å². The van der Waals surface area contributed by atoms with Gasteiger partial charge in [-0.1, -0.05) is 6.07 Å². The molecule has 0 amide bonds. The Morgan fingerprint density at radius 1 is 1.17 bits per heavy atom. The number of fused-ring (bicyclic) bond motifs is 2. The first-order valence-corrected chi connectivity index (χ1v) is 12.3. The van der Waals surface area contributed by atoms with Gasteiger partial charge in [0.05, 0.1) is 34.9 Å². The fourth-order valence-corrected chi connectivity index (χ4v) is 4.17. The zero-order valence-corrected chi connectivity index (χ0v) is 19.4. The molecule has 5 aromatic rings. The smallest absolute Gasteiger partial charge is 0.387 e. The van der Waals surface area contributed by atoms with Crippen molar-refractivity contribution in [2.45, 2.75) is 20.1 Å². The second kappa shape index (κ2) is 8.67. The van der Waals surface area contributed by atoms with Gasteiger partial charge in [0.1, 0.15) is 5.69 Å². The van der Waals surface area contributed by atoms with Crippen LogP contribution in [0.15, 0.2) is 55.1 Å². The lowest BCUT2D eigenvalue weighted by molar-refractivity contribution is -0.0499. The maximum absolute atomic E-state index is 13.3. The zero-order chi connectivity index (χ0) is 24.7. The van der Waals surface area contributed by atoms with E-state index in [2.05, 4.69) is 24.9 Å². The van der Waals surface area contributed by atoms with Crippen LogP contribution in [-0.4, -0.2) is 50.6 Å². The Hall–Kier alpha value is -3.97. The standard InChI is InChI=1S/C22H19F2N7O3S/c1-13-15-11-26-17(16-12-27-30-7-3-6-25-21(16)30)9-19(15)31(29-13)18-5-4-14(10-28-35(2,32)33)8-20(18)34-22(23)24/h3-9,11-12,22,28H,10H2,1-2H3. The van der Waals surface area contributed by atoms with Crippen LogP contribution in [0.4, 0.5) is 8.78 Å². The first-order chi connectivity index (χ1) is 16.7. The molecular weight excluding hydrogens is 480 g/mol. The number of pyridine rings is 1. The Morgan fingerprint density at radius 2 is 2.00 bits per heavy atom. The van der Waals surface area contributed by atoms with Gasteiger partial charge in [0.25, 0.3) is 0 Å². The molecule has 0 spiro atoms. The van der Waals surface area contributed by atoms with Crippen molar-refractivity contribution in [2.24, 2.45) is 0 Å². The van der Waals surface area contributed by atoms with Crippen LogP contribution in [0, 0.1) is 6.92 Å². The third-order valence-electron chi connectivity index (χ3n) is 5.31. The number of sulfonamides is 1. The fourth-order valence-electron chi connectivity index (χ4n) is 3.74. The molecule has 0 saturated heterocycles. The summed E-state index contributed by atoms with van der Waals surface area (Å²) in [7, 11) is -3.46. The van der Waals surface area contributed by atoms with Crippen LogP contribution >= 0.6 is 0 Å². The van der Waals surface area contributed by atoms with Gasteiger partial charge < -0.3 is 4.74 Å². The van der Waals surface area contributed by atoms with E-state index in [0.717, 1.165) is 11.6 Å². The van der Waals surface area contributed by atoms with Crippen molar-refractivity contribution in [1.29, 1.82) is 0 Å². The lowest BCUT2D eigenvalue weighted by Crippen LogP contribution is -2.21. The lowest BCUT2D eigenvalue weighted by atomic mass is 10.1. The molecular formula is C22H19F2N7O3S. The van der Waals surface area contributed by atoms with Gasteiger partial charge in [0.15, 0.2) is 11.4 Å². The second-order valence-electron chi connectivity index (χ2n) is 7.80. The molecule has 0 aliphatic carbocycles. The largest absolute Gasteiger partial charge is 0.433 e. The molecule has 0 fully saturated rings. The summed E-state index contributed by atoms with van der Waals surface area (Å²) in [4.78, 5) is 8.90. The number of halogens is 2. The number of aryl methyl sites for hydroxylation is 1. The van der Waals surface area contributed by atoms with Crippen molar-refractivity contribution in [2.75, 3.05) is 6.26 Å². The van der Waals surface area contributed by atoms with Crippen LogP contribution in [-0.2, 0) is 16.6 Å². The van der Waals surface area contributed by atoms with E-state index in [9.17, 15) is 17.2 Å². The normalized spacial score (nSPS) is 12.1. The van der Waals surface area contributed by atoms with Crippen molar-refractivity contribution in [3.8, 4) is 22.7 Å². The molecule has 1 aromatic carbocycles. The van der Waals surface area contributed by atoms with Gasteiger partial charge in [-0.05, 0) is 36.8 Å². The molecule has 5 rings (SSSR count). The van der Waals surface area contributed by atoms with Gasteiger partial charge in [-0.2, -0.15) is 19.0 Å². The monoisotopic (exact) mass is 499 g/mol. The number of hydrogen-bond acceptors (Lipinski definition) is 7. The van der Waals surface area contributed by atoms with Crippen molar-refractivity contribution < 1.29 is 21.9 Å². The molecule has 0 aliphatic heterocycles. The summed E-state index contributed by atoms with van der Waals surface area (Å²) in [6.45, 7) is -1.38. The average molecular weight is 500 g/mol. The number of aromatic nitrogens is 6. The molecule has 1 N–H and O–H groups in total. The number of ether oxygens (including phenoxy) is 1. The van der Waals surface area contributed by atoms with E-state index in [-0.39, 0.29) is 18.0 Å². The number of benzene rings is 1. The molecule has 4 heterocycles. The van der Waals surface area contributed by atoms with Crippen molar-refractivity contribution in [3.63, 3.8) is 0 Å². The van der Waals surface area contributed by atoms with Gasteiger partial charge in [0.2, 0.25) is 10.0 Å². The third kappa shape index (κ3) is 4.55. The lowest BCUT2D eigenvalue weighted by Gasteiger charge is -2.14. The summed E-state index contributed by atoms with van der Waals surface area (Å²) in [6, 6.07) is 8.08. The Labute approximate surface area is 198 Å². The highest BCUT2D eigenvalue weighted by atomic mass is 32.2. The molecule has 4 aromatic heterocycles. The Kier molecular flexibility index (Phi) is 5.65. The molecule has 180 valence electrons. The van der Waals surface area contributed by atoms with Gasteiger partial charge in [0, 0.05) is 30.5 Å². The van der Waals surface area contributed by atoms with Gasteiger partial charge in [-0.25, -0.2) is 27.3 Å². The van der Waals surface area contributed by atoms with E-state index in [1.807, 2.05) is 0 Å². The minimum absolute atomic E-state index is 0.0760. The van der Waals surface area contributed by atoms with E-state index in [0.29, 0.717) is 33.7 Å². The van der Waals surface area contributed by atoms with Crippen molar-refractivity contribution >= 4 is 26.6 Å². The number of rotatable bonds is 7. The number of nitrogens with one attached hydrogen (secondary N) is 1. The second-order valence-corrected chi connectivity index (χ2v) is 9.64. The minimum atomic E-state index is -3.46. The van der Waals surface area contributed by atoms with Crippen LogP contribution in [0.5, 0.6) is 5.75 Å². The van der Waals surface area contributed by atoms with Crippen LogP contribution in [0.1, 0.15) is 11.3 Å². The van der Waals surface area contributed by atoms with E-state index in [1.165, 1.54) is 10.7 Å². The number of hydrogen-bond donors (Lipinski definition) is 1. The molecule has 0 bridgehead atoms. The third-order valence-corrected chi connectivity index (χ3v) is 5.98. The average Bonchev–Trinajstić information content (AvgIpc) is 3.38. The zero-order valence-electron chi connectivity index (χ0n) is 18.6. The SMILES string of the molecule is Cc1nn(-c2ccc(CNS(C)(=O)=O)cc2OC(F)F)c2cc(-c3cnn4cccnc34)ncc12. The molecule has 0 saturated carbocycles. The Morgan fingerprint density at radius 3 is 2.77 bits per heavy atom. The van der Waals surface area contributed by atoms with Crippen LogP contribution in [0.2, 0.25) is 0 Å². The maximum Gasteiger partial charge on any atom is 0.387 e. The summed E-state index contributed by atoms with van der Waals surface area (Å²) >= 11 is 0. The van der Waals surface area contributed by atoms with Crippen LogP contribution < -0.4 is 9.46 Å². The summed E-state index contributed by atoms with van der Waals surface area (Å²) in [5.74, 6) is -0.145. The minimum Gasteiger partial charge on any atom is -0.433 e. The Balaban J connectivity index is 1.64. The molecule has 10 nitrogen and oxygen atoms in total. The summed E-state index contributed by atoms with van der Waals surface area (Å²) in [5.41, 5.74) is 3.87. The van der Waals surface area contributed by atoms with Crippen LogP contribution in [0.25, 0.3) is 33.5 Å². The van der Waals surface area contributed by atoms with E-state index in [1.54, 1.807) is 60.5 Å². The predicted octanol–water partition coefficient (Wildman–Crippen LogP) is 3.09. The predicted molar refractivity (Wildman–Crippen MR) is 124 cm³/mol. The molecule has 0 radical (unpaired) electrons. The maximum atomic E-state index is 13.3. The van der Waals surface area contributed by atoms with Crippen LogP contribution in [0.3, 0.4) is 0 Å². The molecule has 13 heteroatoms. The summed E-state index contributed by atoms with van der Waals surface area (Å²) < 4.78 is 59.6. The van der Waals surface area contributed by atoms with E-state index >= 15 is 0 Å². The summed E-state index contributed by atoms with van der Waals surface area (Å²) in [6.07, 6.45) is 7.75. The number of nitrogens with zero attached hydrogens (tertiary/aromatic N) is 6. The first-order valence-electron chi connectivity index (χ1n) is 10.4. The number of alkyl halides is 2. The quantitative estimate of drug-likeness (QED) is 0.366. The molecule has 35 heavy (non-hydrogen) atoms. The van der Waals surface area contributed by atoms with Gasteiger partial charge in [-0.15, -0.1) is 0 Å². The Bertz CT molecular complexity index is 1660. The summed E-state index contributed by atoms with van der Waals surface area (Å²) in [5, 5.41) is 9.55. The first kappa shape index (κ1) is 22.8. The molecule has 0 unspecified atom stereocenters. The molecule has 0 atom stereocenters. The topological polar surface area (TPSA) is 116 Å². The highest BCUT2D eigenvalue weighted by Crippen LogP contribution is 2.32. The van der Waals surface area contributed by atoms with Crippen molar-refractivity contribution in [3.05, 3.63) is 66.4 Å². The van der Waals surface area contributed by atoms with E-state index < -0.39 is 16.6 Å². The highest BCUT2D eigenvalue weighted by molar-refractivity contribution is 7.88. The fraction of sp³-hybridized carbons (Fsp3) is 0.182. The van der Waals surface area contributed by atoms with Gasteiger partial charge >= 0.3 is 6.61 Å². The van der Waals surface area contributed by atoms with Crippen molar-refractivity contribution in [1.82, 2.24) is 34.1 Å². The molecule has 0 aliphatic rings.